The summed E-state index contributed by atoms with van der Waals surface area (Å²) in [6, 6.07) is 4.17. The van der Waals surface area contributed by atoms with Gasteiger partial charge in [-0.3, -0.25) is 9.59 Å². The number of ether oxygens (including phenoxy) is 1. The van der Waals surface area contributed by atoms with E-state index in [9.17, 15) is 22.8 Å². The molecule has 0 fully saturated rings. The van der Waals surface area contributed by atoms with Crippen LogP contribution in [-0.4, -0.2) is 35.7 Å². The van der Waals surface area contributed by atoms with Crippen molar-refractivity contribution in [2.45, 2.75) is 39.7 Å². The maximum absolute atomic E-state index is 14.1. The van der Waals surface area contributed by atoms with Crippen LogP contribution in [0.1, 0.15) is 43.1 Å². The number of allylic oxidation sites excluding steroid dienone is 1. The molecule has 7 heteroatoms. The first-order valence-corrected chi connectivity index (χ1v) is 9.24. The van der Waals surface area contributed by atoms with E-state index in [2.05, 4.69) is 6.58 Å². The number of carbonyl (C=O) groups excluding carboxylic acids is 2. The molecule has 0 saturated heterocycles. The van der Waals surface area contributed by atoms with Gasteiger partial charge in [0.25, 0.3) is 11.8 Å². The molecule has 1 aromatic rings. The van der Waals surface area contributed by atoms with Crippen molar-refractivity contribution in [1.82, 2.24) is 4.90 Å². The maximum atomic E-state index is 14.1. The molecule has 0 aromatic heterocycles. The predicted molar refractivity (Wildman–Crippen MR) is 104 cm³/mol. The first kappa shape index (κ1) is 22.5. The normalized spacial score (nSPS) is 14.8. The van der Waals surface area contributed by atoms with Gasteiger partial charge in [0.15, 0.2) is 12.4 Å². The Morgan fingerprint density at radius 2 is 2.07 bits per heavy atom. The average Bonchev–Trinajstić information content (AvgIpc) is 2.95. The van der Waals surface area contributed by atoms with Crippen molar-refractivity contribution in [3.05, 3.63) is 70.8 Å². The number of benzene rings is 1. The van der Waals surface area contributed by atoms with Crippen molar-refractivity contribution in [1.29, 1.82) is 0 Å². The van der Waals surface area contributed by atoms with Crippen LogP contribution >= 0.6 is 0 Å². The van der Waals surface area contributed by atoms with Crippen molar-refractivity contribution in [2.24, 2.45) is 0 Å². The lowest BCUT2D eigenvalue weighted by molar-refractivity contribution is -0.126. The van der Waals surface area contributed by atoms with Gasteiger partial charge in [0.2, 0.25) is 0 Å². The van der Waals surface area contributed by atoms with Gasteiger partial charge in [0, 0.05) is 19.5 Å². The van der Waals surface area contributed by atoms with Crippen molar-refractivity contribution in [3.63, 3.8) is 0 Å². The van der Waals surface area contributed by atoms with E-state index in [0.29, 0.717) is 11.1 Å². The number of hydrogen-bond acceptors (Lipinski definition) is 3. The standard InChI is InChI=1S/C22H24F3NO3/c1-5-7-17-12-26(11-16-8-9-18(14(3)27)19(23)10-16)21(28)20(17)15(4)29-13-22(24,25)6-2/h5,7-10H,4,6,11-13H2,1-3H3/b7-5-. The Hall–Kier alpha value is -2.83. The smallest absolute Gasteiger partial charge is 0.281 e. The third-order valence-corrected chi connectivity index (χ3v) is 4.59. The van der Waals surface area contributed by atoms with Gasteiger partial charge in [-0.15, -0.1) is 0 Å². The van der Waals surface area contributed by atoms with Gasteiger partial charge in [-0.25, -0.2) is 13.2 Å². The van der Waals surface area contributed by atoms with E-state index in [4.69, 9.17) is 4.74 Å². The summed E-state index contributed by atoms with van der Waals surface area (Å²) < 4.78 is 46.1. The summed E-state index contributed by atoms with van der Waals surface area (Å²) in [6.07, 6.45) is 3.03. The van der Waals surface area contributed by atoms with E-state index in [-0.39, 0.29) is 42.2 Å². The molecule has 1 aliphatic rings. The molecule has 0 bridgehead atoms. The van der Waals surface area contributed by atoms with E-state index in [1.165, 1.54) is 30.9 Å². The van der Waals surface area contributed by atoms with Crippen LogP contribution < -0.4 is 0 Å². The molecule has 1 amide bonds. The summed E-state index contributed by atoms with van der Waals surface area (Å²) >= 11 is 0. The Morgan fingerprint density at radius 1 is 1.38 bits per heavy atom. The highest BCUT2D eigenvalue weighted by molar-refractivity contribution is 6.01. The lowest BCUT2D eigenvalue weighted by atomic mass is 10.1. The van der Waals surface area contributed by atoms with Gasteiger partial charge in [-0.1, -0.05) is 31.7 Å². The largest absolute Gasteiger partial charge is 0.487 e. The lowest BCUT2D eigenvalue weighted by Crippen LogP contribution is -2.28. The summed E-state index contributed by atoms with van der Waals surface area (Å²) in [4.78, 5) is 25.7. The van der Waals surface area contributed by atoms with Crippen LogP contribution in [0.4, 0.5) is 13.2 Å². The first-order valence-electron chi connectivity index (χ1n) is 9.24. The van der Waals surface area contributed by atoms with E-state index in [0.717, 1.165) is 0 Å². The molecular weight excluding hydrogens is 383 g/mol. The van der Waals surface area contributed by atoms with Crippen molar-refractivity contribution < 1.29 is 27.5 Å². The Labute approximate surface area is 168 Å². The van der Waals surface area contributed by atoms with Crippen molar-refractivity contribution >= 4 is 11.7 Å². The fourth-order valence-electron chi connectivity index (χ4n) is 2.95. The minimum Gasteiger partial charge on any atom is -0.487 e. The summed E-state index contributed by atoms with van der Waals surface area (Å²) in [5.41, 5.74) is 1.21. The molecule has 2 rings (SSSR count). The SMILES string of the molecule is C=C(OCC(F)(F)CC)C1=C(/C=C\C)CN(Cc2ccc(C(C)=O)c(F)c2)C1=O. The topological polar surface area (TPSA) is 46.6 Å². The van der Waals surface area contributed by atoms with Crippen molar-refractivity contribution in [2.75, 3.05) is 13.2 Å². The lowest BCUT2D eigenvalue weighted by Gasteiger charge is -2.19. The molecule has 1 aliphatic heterocycles. The summed E-state index contributed by atoms with van der Waals surface area (Å²) in [6.45, 7) is 7.48. The number of halogens is 3. The van der Waals surface area contributed by atoms with Crippen LogP contribution in [0.5, 0.6) is 0 Å². The fourth-order valence-corrected chi connectivity index (χ4v) is 2.95. The molecule has 1 aromatic carbocycles. The number of hydrogen-bond donors (Lipinski definition) is 0. The van der Waals surface area contributed by atoms with Crippen LogP contribution in [0.15, 0.2) is 53.8 Å². The molecule has 0 spiro atoms. The Bertz CT molecular complexity index is 887. The zero-order valence-corrected chi connectivity index (χ0v) is 16.7. The predicted octanol–water partition coefficient (Wildman–Crippen LogP) is 4.82. The highest BCUT2D eigenvalue weighted by Crippen LogP contribution is 2.29. The van der Waals surface area contributed by atoms with Crippen LogP contribution in [0.3, 0.4) is 0 Å². The quantitative estimate of drug-likeness (QED) is 0.436. The second-order valence-electron chi connectivity index (χ2n) is 6.85. The first-order chi connectivity index (χ1) is 13.6. The highest BCUT2D eigenvalue weighted by Gasteiger charge is 2.34. The van der Waals surface area contributed by atoms with Gasteiger partial charge >= 0.3 is 0 Å². The van der Waals surface area contributed by atoms with Gasteiger partial charge < -0.3 is 9.64 Å². The monoisotopic (exact) mass is 407 g/mol. The molecule has 0 N–H and O–H groups in total. The molecule has 4 nitrogen and oxygen atoms in total. The van der Waals surface area contributed by atoms with E-state index >= 15 is 0 Å². The molecule has 0 saturated carbocycles. The Balaban J connectivity index is 2.19. The minimum absolute atomic E-state index is 0.0199. The molecule has 0 radical (unpaired) electrons. The third-order valence-electron chi connectivity index (χ3n) is 4.59. The zero-order chi connectivity index (χ0) is 21.8. The Morgan fingerprint density at radius 3 is 2.62 bits per heavy atom. The van der Waals surface area contributed by atoms with E-state index in [1.54, 1.807) is 25.1 Å². The summed E-state index contributed by atoms with van der Waals surface area (Å²) in [5, 5.41) is 0. The molecular formula is C22H24F3NO3. The molecule has 0 atom stereocenters. The van der Waals surface area contributed by atoms with Gasteiger partial charge in [0.05, 0.1) is 11.1 Å². The Kier molecular flexibility index (Phi) is 7.06. The van der Waals surface area contributed by atoms with Gasteiger partial charge in [-0.2, -0.15) is 0 Å². The molecule has 0 unspecified atom stereocenters. The van der Waals surface area contributed by atoms with Crippen LogP contribution in [-0.2, 0) is 16.1 Å². The van der Waals surface area contributed by atoms with Crippen molar-refractivity contribution in [3.8, 4) is 0 Å². The number of ketones is 1. The molecule has 156 valence electrons. The third kappa shape index (κ3) is 5.37. The van der Waals surface area contributed by atoms with Gasteiger partial charge in [0.1, 0.15) is 11.6 Å². The number of amides is 1. The second kappa shape index (κ2) is 9.11. The summed E-state index contributed by atoms with van der Waals surface area (Å²) in [5.74, 6) is -4.60. The zero-order valence-electron chi connectivity index (χ0n) is 16.7. The molecule has 0 aliphatic carbocycles. The van der Waals surface area contributed by atoms with Crippen LogP contribution in [0.2, 0.25) is 0 Å². The number of nitrogens with zero attached hydrogens (tertiary/aromatic N) is 1. The molecule has 29 heavy (non-hydrogen) atoms. The number of alkyl halides is 2. The van der Waals surface area contributed by atoms with E-state index in [1.807, 2.05) is 0 Å². The number of carbonyl (C=O) groups is 2. The second-order valence-corrected chi connectivity index (χ2v) is 6.85. The highest BCUT2D eigenvalue weighted by atomic mass is 19.3. The number of Topliss-reactive ketones (excluding diaryl/α,β-unsaturated/α-hetero) is 1. The van der Waals surface area contributed by atoms with Gasteiger partial charge in [-0.05, 0) is 37.1 Å². The van der Waals surface area contributed by atoms with E-state index < -0.39 is 24.3 Å². The summed E-state index contributed by atoms with van der Waals surface area (Å²) in [7, 11) is 0. The average molecular weight is 407 g/mol. The van der Waals surface area contributed by atoms with Crippen LogP contribution in [0, 0.1) is 5.82 Å². The minimum atomic E-state index is -3.01. The molecule has 1 heterocycles. The number of rotatable bonds is 9. The van der Waals surface area contributed by atoms with Crippen LogP contribution in [0.25, 0.3) is 0 Å². The maximum Gasteiger partial charge on any atom is 0.281 e. The fraction of sp³-hybridized carbons (Fsp3) is 0.364.